The van der Waals surface area contributed by atoms with Crippen LogP contribution in [0, 0.1) is 5.82 Å². The lowest BCUT2D eigenvalue weighted by atomic mass is 10.0. The number of hydrogen-bond acceptors (Lipinski definition) is 2. The van der Waals surface area contributed by atoms with Crippen molar-refractivity contribution in [2.75, 3.05) is 13.1 Å². The fourth-order valence-corrected chi connectivity index (χ4v) is 2.93. The van der Waals surface area contributed by atoms with Gasteiger partial charge in [-0.1, -0.05) is 17.7 Å². The summed E-state index contributed by atoms with van der Waals surface area (Å²) in [7, 11) is 0. The molecule has 0 saturated carbocycles. The highest BCUT2D eigenvalue weighted by Gasteiger charge is 2.22. The average Bonchev–Trinajstić information content (AvgIpc) is 2.42. The molecule has 0 bridgehead atoms. The van der Waals surface area contributed by atoms with Gasteiger partial charge in [-0.2, -0.15) is 0 Å². The molecular formula is C16H24ClFN2. The summed E-state index contributed by atoms with van der Waals surface area (Å²) in [6.45, 7) is 8.84. The summed E-state index contributed by atoms with van der Waals surface area (Å²) in [5.41, 5.74) is 0.957. The van der Waals surface area contributed by atoms with E-state index >= 15 is 0 Å². The van der Waals surface area contributed by atoms with E-state index in [0.29, 0.717) is 12.1 Å². The minimum atomic E-state index is -0.340. The maximum atomic E-state index is 13.5. The summed E-state index contributed by atoms with van der Waals surface area (Å²) in [6, 6.07) is 6.34. The number of halogens is 2. The van der Waals surface area contributed by atoms with Crippen molar-refractivity contribution in [3.05, 3.63) is 34.6 Å². The number of rotatable bonds is 4. The zero-order chi connectivity index (χ0) is 14.7. The van der Waals surface area contributed by atoms with Gasteiger partial charge in [-0.15, -0.1) is 0 Å². The Hall–Kier alpha value is -0.640. The molecule has 1 aliphatic rings. The normalized spacial score (nSPS) is 19.5. The van der Waals surface area contributed by atoms with Crippen LogP contribution in [0.4, 0.5) is 4.39 Å². The van der Waals surface area contributed by atoms with Gasteiger partial charge in [-0.3, -0.25) is 0 Å². The summed E-state index contributed by atoms with van der Waals surface area (Å²) in [6.07, 6.45) is 2.30. The van der Waals surface area contributed by atoms with Crippen LogP contribution >= 0.6 is 11.6 Å². The predicted molar refractivity (Wildman–Crippen MR) is 82.7 cm³/mol. The maximum absolute atomic E-state index is 13.5. The average molecular weight is 299 g/mol. The molecule has 1 heterocycles. The number of piperidine rings is 1. The number of benzene rings is 1. The monoisotopic (exact) mass is 298 g/mol. The molecule has 1 aromatic carbocycles. The first-order valence-electron chi connectivity index (χ1n) is 7.42. The predicted octanol–water partition coefficient (Wildman–Crippen LogP) is 4.00. The second-order valence-electron chi connectivity index (χ2n) is 5.97. The highest BCUT2D eigenvalue weighted by molar-refractivity contribution is 6.30. The molecule has 0 aliphatic carbocycles. The molecule has 1 aliphatic heterocycles. The first-order valence-corrected chi connectivity index (χ1v) is 7.80. The number of nitrogens with one attached hydrogen (secondary N) is 1. The van der Waals surface area contributed by atoms with Crippen LogP contribution in [-0.4, -0.2) is 30.1 Å². The van der Waals surface area contributed by atoms with Crippen molar-refractivity contribution in [1.82, 2.24) is 10.2 Å². The van der Waals surface area contributed by atoms with Crippen LogP contribution in [0.15, 0.2) is 18.2 Å². The minimum absolute atomic E-state index is 0.150. The van der Waals surface area contributed by atoms with Crippen LogP contribution in [-0.2, 0) is 0 Å². The molecule has 0 aromatic heterocycles. The zero-order valence-electron chi connectivity index (χ0n) is 12.5. The van der Waals surface area contributed by atoms with Gasteiger partial charge < -0.3 is 10.2 Å². The van der Waals surface area contributed by atoms with Gasteiger partial charge in [0.05, 0.1) is 5.02 Å². The molecule has 1 fully saturated rings. The molecule has 1 N–H and O–H groups in total. The van der Waals surface area contributed by atoms with E-state index in [2.05, 4.69) is 31.0 Å². The number of hydrogen-bond donors (Lipinski definition) is 1. The highest BCUT2D eigenvalue weighted by atomic mass is 35.5. The SMILES string of the molecule is CC(NC1CCN(C(C)C)CC1)c1ccc(Cl)c(F)c1. The molecule has 20 heavy (non-hydrogen) atoms. The Balaban J connectivity index is 1.89. The molecule has 4 heteroatoms. The lowest BCUT2D eigenvalue weighted by molar-refractivity contribution is 0.157. The van der Waals surface area contributed by atoms with Gasteiger partial charge in [0.2, 0.25) is 0 Å². The lowest BCUT2D eigenvalue weighted by Gasteiger charge is -2.36. The van der Waals surface area contributed by atoms with E-state index in [0.717, 1.165) is 31.5 Å². The van der Waals surface area contributed by atoms with Crippen molar-refractivity contribution < 1.29 is 4.39 Å². The Kier molecular flexibility index (Phi) is 5.42. The Morgan fingerprint density at radius 2 is 1.90 bits per heavy atom. The fraction of sp³-hybridized carbons (Fsp3) is 0.625. The van der Waals surface area contributed by atoms with Crippen LogP contribution in [0.2, 0.25) is 5.02 Å². The topological polar surface area (TPSA) is 15.3 Å². The third kappa shape index (κ3) is 3.94. The van der Waals surface area contributed by atoms with Crippen molar-refractivity contribution in [2.24, 2.45) is 0 Å². The summed E-state index contributed by atoms with van der Waals surface area (Å²) in [5.74, 6) is -0.340. The molecule has 1 aromatic rings. The Labute approximate surface area is 126 Å². The number of nitrogens with zero attached hydrogens (tertiary/aromatic N) is 1. The van der Waals surface area contributed by atoms with Crippen molar-refractivity contribution in [2.45, 2.75) is 51.7 Å². The Morgan fingerprint density at radius 3 is 2.45 bits per heavy atom. The smallest absolute Gasteiger partial charge is 0.142 e. The van der Waals surface area contributed by atoms with E-state index < -0.39 is 0 Å². The van der Waals surface area contributed by atoms with Crippen LogP contribution in [0.25, 0.3) is 0 Å². The largest absolute Gasteiger partial charge is 0.307 e. The Bertz CT molecular complexity index is 442. The van der Waals surface area contributed by atoms with Crippen molar-refractivity contribution >= 4 is 11.6 Å². The van der Waals surface area contributed by atoms with Gasteiger partial charge in [-0.25, -0.2) is 4.39 Å². The van der Waals surface area contributed by atoms with Crippen LogP contribution < -0.4 is 5.32 Å². The van der Waals surface area contributed by atoms with Crippen LogP contribution in [0.3, 0.4) is 0 Å². The van der Waals surface area contributed by atoms with Crippen molar-refractivity contribution in [1.29, 1.82) is 0 Å². The van der Waals surface area contributed by atoms with Crippen LogP contribution in [0.1, 0.15) is 45.2 Å². The van der Waals surface area contributed by atoms with Gasteiger partial charge in [0.1, 0.15) is 5.82 Å². The standard InChI is InChI=1S/C16H24ClFN2/c1-11(2)20-8-6-14(7-9-20)19-12(3)13-4-5-15(17)16(18)10-13/h4-5,10-12,14,19H,6-9H2,1-3H3. The lowest BCUT2D eigenvalue weighted by Crippen LogP contribution is -2.45. The van der Waals surface area contributed by atoms with Gasteiger partial charge in [0.15, 0.2) is 0 Å². The second kappa shape index (κ2) is 6.88. The molecule has 112 valence electrons. The van der Waals surface area contributed by atoms with E-state index in [1.807, 2.05) is 6.07 Å². The summed E-state index contributed by atoms with van der Waals surface area (Å²) < 4.78 is 13.5. The van der Waals surface area contributed by atoms with E-state index in [1.54, 1.807) is 6.07 Å². The molecule has 2 nitrogen and oxygen atoms in total. The Morgan fingerprint density at radius 1 is 1.25 bits per heavy atom. The van der Waals surface area contributed by atoms with E-state index in [9.17, 15) is 4.39 Å². The van der Waals surface area contributed by atoms with Gasteiger partial charge in [-0.05, 0) is 64.4 Å². The summed E-state index contributed by atoms with van der Waals surface area (Å²) in [5, 5.41) is 3.79. The van der Waals surface area contributed by atoms with E-state index in [4.69, 9.17) is 11.6 Å². The van der Waals surface area contributed by atoms with Gasteiger partial charge in [0.25, 0.3) is 0 Å². The van der Waals surface area contributed by atoms with Gasteiger partial charge >= 0.3 is 0 Å². The molecule has 0 amide bonds. The first-order chi connectivity index (χ1) is 9.47. The molecule has 2 rings (SSSR count). The minimum Gasteiger partial charge on any atom is -0.307 e. The zero-order valence-corrected chi connectivity index (χ0v) is 13.3. The molecule has 1 atom stereocenters. The van der Waals surface area contributed by atoms with Crippen molar-refractivity contribution in [3.63, 3.8) is 0 Å². The fourth-order valence-electron chi connectivity index (χ4n) is 2.81. The molecule has 0 spiro atoms. The van der Waals surface area contributed by atoms with E-state index in [1.165, 1.54) is 6.07 Å². The maximum Gasteiger partial charge on any atom is 0.142 e. The molecule has 1 unspecified atom stereocenters. The quantitative estimate of drug-likeness (QED) is 0.904. The van der Waals surface area contributed by atoms with E-state index in [-0.39, 0.29) is 16.9 Å². The van der Waals surface area contributed by atoms with Gasteiger partial charge in [0, 0.05) is 18.1 Å². The van der Waals surface area contributed by atoms with Crippen LogP contribution in [0.5, 0.6) is 0 Å². The third-order valence-electron chi connectivity index (χ3n) is 4.19. The summed E-state index contributed by atoms with van der Waals surface area (Å²) >= 11 is 5.72. The first kappa shape index (κ1) is 15.7. The second-order valence-corrected chi connectivity index (χ2v) is 6.37. The third-order valence-corrected chi connectivity index (χ3v) is 4.50. The molecular weight excluding hydrogens is 275 g/mol. The molecule has 0 radical (unpaired) electrons. The molecule has 1 saturated heterocycles. The summed E-state index contributed by atoms with van der Waals surface area (Å²) in [4.78, 5) is 2.50. The highest BCUT2D eigenvalue weighted by Crippen LogP contribution is 2.22. The number of likely N-dealkylation sites (tertiary alicyclic amines) is 1. The van der Waals surface area contributed by atoms with Crippen molar-refractivity contribution in [3.8, 4) is 0 Å².